The largest absolute Gasteiger partial charge is 0.393 e. The van der Waals surface area contributed by atoms with Gasteiger partial charge in [-0.25, -0.2) is 0 Å². The van der Waals surface area contributed by atoms with Crippen molar-refractivity contribution in [3.05, 3.63) is 83.1 Å². The highest BCUT2D eigenvalue weighted by Crippen LogP contribution is 2.75. The van der Waals surface area contributed by atoms with Crippen LogP contribution in [0.1, 0.15) is 522 Å². The Bertz CT molecular complexity index is 4410. The first-order valence-corrected chi connectivity index (χ1v) is 66.7. The van der Waals surface area contributed by atoms with Crippen molar-refractivity contribution < 1.29 is 25.5 Å². The predicted octanol–water partition coefficient (Wildman–Crippen LogP) is 39.1. The lowest BCUT2D eigenvalue weighted by atomic mass is 9.44. The van der Waals surface area contributed by atoms with Crippen LogP contribution in [-0.4, -0.2) is 56.1 Å². The molecule has 5 nitrogen and oxygen atoms in total. The summed E-state index contributed by atoms with van der Waals surface area (Å²) in [5.74, 6) is 30.7. The van der Waals surface area contributed by atoms with E-state index in [2.05, 4.69) is 268 Å². The lowest BCUT2D eigenvalue weighted by Gasteiger charge is -2.61. The molecule has 25 unspecified atom stereocenters. The molecule has 16 saturated carbocycles. The molecule has 16 fully saturated rings. The minimum Gasteiger partial charge on any atom is -0.393 e. The Balaban J connectivity index is 0.000000133. The van der Waals surface area contributed by atoms with Crippen LogP contribution >= 0.6 is 0 Å². The molecule has 20 rings (SSSR count). The second-order valence-electron chi connectivity index (χ2n) is 63.3. The van der Waals surface area contributed by atoms with E-state index in [1.165, 1.54) is 250 Å². The molecule has 850 valence electrons. The van der Waals surface area contributed by atoms with E-state index in [0.29, 0.717) is 71.9 Å². The molecule has 20 aliphatic carbocycles. The van der Waals surface area contributed by atoms with Gasteiger partial charge in [0.2, 0.25) is 0 Å². The Morgan fingerprint density at radius 1 is 0.248 bits per heavy atom. The van der Waals surface area contributed by atoms with Crippen LogP contribution in [0.2, 0.25) is 0 Å². The number of allylic oxidation sites excluding steroid dienone is 10. The number of hydrogen-bond donors (Lipinski definition) is 5. The molecule has 0 bridgehead atoms. The quantitative estimate of drug-likeness (QED) is 0.0556. The van der Waals surface area contributed by atoms with Crippen LogP contribution < -0.4 is 0 Å². The van der Waals surface area contributed by atoms with Crippen molar-refractivity contribution in [3.63, 3.8) is 0 Å². The predicted molar refractivity (Wildman–Crippen MR) is 636 cm³/mol. The van der Waals surface area contributed by atoms with E-state index in [-0.39, 0.29) is 30.5 Å². The third-order valence-electron chi connectivity index (χ3n) is 55.3. The number of hydrogen-bond acceptors (Lipinski definition) is 5. The molecule has 5 N–H and O–H groups in total. The van der Waals surface area contributed by atoms with Gasteiger partial charge in [0.1, 0.15) is 0 Å². The van der Waals surface area contributed by atoms with E-state index < -0.39 is 0 Å². The molecule has 0 heterocycles. The average Bonchev–Trinajstić information content (AvgIpc) is 1.47. The van der Waals surface area contributed by atoms with Crippen molar-refractivity contribution in [3.8, 4) is 0 Å². The topological polar surface area (TPSA) is 101 Å². The molecular weight excluding hydrogens is 1810 g/mol. The molecule has 0 amide bonds. The third-order valence-corrected chi connectivity index (χ3v) is 55.3. The number of rotatable bonds is 26. The summed E-state index contributed by atoms with van der Waals surface area (Å²) < 4.78 is 0. The van der Waals surface area contributed by atoms with Crippen LogP contribution in [-0.2, 0) is 0 Å². The molecule has 46 atom stereocenters. The van der Waals surface area contributed by atoms with Gasteiger partial charge < -0.3 is 25.5 Å². The summed E-state index contributed by atoms with van der Waals surface area (Å²) >= 11 is 0. The van der Waals surface area contributed by atoms with Crippen LogP contribution in [0.15, 0.2) is 83.1 Å². The molecule has 0 aliphatic heterocycles. The Labute approximate surface area is 922 Å². The van der Waals surface area contributed by atoms with Gasteiger partial charge in [0.05, 0.1) is 30.5 Å². The molecule has 0 spiro atoms. The van der Waals surface area contributed by atoms with E-state index in [1.54, 1.807) is 22.3 Å². The van der Waals surface area contributed by atoms with Crippen LogP contribution in [0.4, 0.5) is 0 Å². The first kappa shape index (κ1) is 119. The number of aliphatic hydroxyl groups excluding tert-OH is 5. The van der Waals surface area contributed by atoms with E-state index >= 15 is 0 Å². The summed E-state index contributed by atoms with van der Waals surface area (Å²) in [5.41, 5.74) is 11.3. The normalized spacial score (nSPS) is 46.3. The van der Waals surface area contributed by atoms with Crippen molar-refractivity contribution >= 4 is 0 Å². The van der Waals surface area contributed by atoms with Gasteiger partial charge in [0.15, 0.2) is 0 Å². The summed E-state index contributed by atoms with van der Waals surface area (Å²) in [7, 11) is 0. The van der Waals surface area contributed by atoms with Gasteiger partial charge in [-0.2, -0.15) is 0 Å². The zero-order valence-electron chi connectivity index (χ0n) is 103. The average molecular weight is 2060 g/mol. The Morgan fingerprint density at radius 3 is 0.805 bits per heavy atom. The highest BCUT2D eigenvalue weighted by atomic mass is 16.3. The molecule has 0 aromatic rings. The van der Waals surface area contributed by atoms with Gasteiger partial charge in [-0.05, 0) is 556 Å². The maximum absolute atomic E-state index is 10.3. The van der Waals surface area contributed by atoms with Gasteiger partial charge >= 0.3 is 0 Å². The molecule has 5 heteroatoms. The smallest absolute Gasteiger partial charge is 0.0577 e. The number of aliphatic hydroxyl groups is 5. The maximum atomic E-state index is 10.3. The standard InChI is InChI=1S/3C29H50O.C29H48O.C28H46O/c4*1-7-21(19(2)3)9-8-20(4)25-12-13-26-24-11-10-22-18-23(30)14-16-28(22,5)27(24)15-17-29(25,26)6;1-18(2)19(3)7-8-20(4)24-11-12-25-23-10-9-21-17-22(29)13-15-27(21,5)26(23)14-16-28(24,25)6/h2*10,19-21,23-27,30H,7-9,11-18H2,1-6H3;8-9,19-27,30H,7,10-18H2,1-6H3;8-10,19-21,23-27,30H,7,11-18H2,1-6H3;7-9,18-20,22-26,29H,10-17H2,1-6H3/b;;2*9-8+;8-7+/t20-,21?,23?,24?,25-,26?,27?,28+,29-;20-,21+,23?,24?,25-,26?,27?,28+,29-;20-,21?,22?,23?,24?,25-,26?,27?,28+,29-;20-,21?,23?,24?,25-,26?,27?,28+,29-;19?,20-,22?,23?,24-,25?,26?,27+,28-/m11111/s1. The van der Waals surface area contributed by atoms with E-state index in [9.17, 15) is 25.5 Å². The van der Waals surface area contributed by atoms with Crippen LogP contribution in [0.5, 0.6) is 0 Å². The van der Waals surface area contributed by atoms with Crippen molar-refractivity contribution in [2.24, 2.45) is 267 Å². The highest BCUT2D eigenvalue weighted by Gasteiger charge is 2.67. The van der Waals surface area contributed by atoms with Crippen LogP contribution in [0.3, 0.4) is 0 Å². The second-order valence-corrected chi connectivity index (χ2v) is 63.3. The Hall–Kier alpha value is -2.02. The molecule has 0 saturated heterocycles. The lowest BCUT2D eigenvalue weighted by molar-refractivity contribution is -0.128. The fourth-order valence-electron chi connectivity index (χ4n) is 45.1. The van der Waals surface area contributed by atoms with E-state index in [4.69, 9.17) is 0 Å². The van der Waals surface area contributed by atoms with Crippen molar-refractivity contribution in [1.29, 1.82) is 0 Å². The lowest BCUT2D eigenvalue weighted by Crippen LogP contribution is -2.54. The zero-order valence-corrected chi connectivity index (χ0v) is 103. The Morgan fingerprint density at radius 2 is 0.517 bits per heavy atom. The monoisotopic (exact) mass is 2050 g/mol. The molecular formula is C144H244O5. The van der Waals surface area contributed by atoms with Gasteiger partial charge in [0.25, 0.3) is 0 Å². The zero-order chi connectivity index (χ0) is 108. The molecule has 0 radical (unpaired) electrons. The molecule has 0 aromatic carbocycles. The van der Waals surface area contributed by atoms with E-state index in [1.807, 2.05) is 0 Å². The van der Waals surface area contributed by atoms with Crippen molar-refractivity contribution in [1.82, 2.24) is 0 Å². The molecule has 149 heavy (non-hydrogen) atoms. The summed E-state index contributed by atoms with van der Waals surface area (Å²) in [6.07, 6.45) is 89.5. The van der Waals surface area contributed by atoms with Crippen LogP contribution in [0, 0.1) is 267 Å². The summed E-state index contributed by atoms with van der Waals surface area (Å²) in [5, 5.41) is 51.2. The van der Waals surface area contributed by atoms with Crippen molar-refractivity contribution in [2.75, 3.05) is 0 Å². The maximum Gasteiger partial charge on any atom is 0.0577 e. The van der Waals surface area contributed by atoms with Gasteiger partial charge in [-0.3, -0.25) is 0 Å². The van der Waals surface area contributed by atoms with Gasteiger partial charge in [-0.1, -0.05) is 316 Å². The number of fused-ring (bicyclic) bond motifs is 25. The minimum atomic E-state index is -0.0870. The fraction of sp³-hybridized carbons (Fsp3) is 0.903. The fourth-order valence-corrected chi connectivity index (χ4v) is 45.1. The van der Waals surface area contributed by atoms with Crippen LogP contribution in [0.25, 0.3) is 0 Å². The molecule has 20 aliphatic rings. The third kappa shape index (κ3) is 23.2. The minimum absolute atomic E-state index is 0.0187. The summed E-state index contributed by atoms with van der Waals surface area (Å²) in [6.45, 7) is 74.7. The van der Waals surface area contributed by atoms with E-state index in [0.717, 1.165) is 259 Å². The van der Waals surface area contributed by atoms with Gasteiger partial charge in [0, 0.05) is 0 Å². The SMILES string of the molecule is CC(C)C(C)/C=C/[C@@H](C)[C@H]1CCC2C3CC=C4CC(O)CC[C@]4(C)C3CC[C@@]21C.CCC(/C=C/[C@@H](C)[C@H]1CCC2C3CC=C4CC(O)CC[C@]4(C)C3CC[C@@]21C)C(C)C.CCC(/C=C/[C@@H](C)[C@H]1CCC2C3CCC4CC(O)CC[C@]4(C)C3CC[C@@]21C)C(C)C.CCC(CC[C@@H](C)[C@H]1CCC2C3CC=C4CC(O)CC[C@]4(C)C3CC[C@@]21C)C(C)C.CC[C@@H](CC[C@@H](C)[C@H]1CCC2C3CC=C4CC(O)CC[C@]4(C)C3CC[C@@]21C)C(C)C. The summed E-state index contributed by atoms with van der Waals surface area (Å²) in [4.78, 5) is 0. The van der Waals surface area contributed by atoms with Gasteiger partial charge in [-0.15, -0.1) is 0 Å². The first-order chi connectivity index (χ1) is 70.5. The first-order valence-electron chi connectivity index (χ1n) is 66.7. The highest BCUT2D eigenvalue weighted by molar-refractivity contribution is 5.31. The summed E-state index contributed by atoms with van der Waals surface area (Å²) in [6, 6.07) is 0. The molecule has 0 aromatic heterocycles. The second kappa shape index (κ2) is 48.3. The Kier molecular flexibility index (Phi) is 38.7. The van der Waals surface area contributed by atoms with Crippen molar-refractivity contribution in [2.45, 2.75) is 553 Å².